The van der Waals surface area contributed by atoms with E-state index in [0.29, 0.717) is 18.7 Å². The zero-order chi connectivity index (χ0) is 14.7. The van der Waals surface area contributed by atoms with Crippen LogP contribution in [0.2, 0.25) is 0 Å². The number of nitriles is 1. The molecule has 1 aromatic rings. The van der Waals surface area contributed by atoms with Gasteiger partial charge in [0, 0.05) is 11.4 Å². The van der Waals surface area contributed by atoms with Crippen LogP contribution in [0.25, 0.3) is 0 Å². The van der Waals surface area contributed by atoms with Gasteiger partial charge in [0.1, 0.15) is 11.1 Å². The molecule has 104 valence electrons. The molecule has 0 aliphatic heterocycles. The number of nitrogens with zero attached hydrogens (tertiary/aromatic N) is 2. The lowest BCUT2D eigenvalue weighted by Crippen LogP contribution is -2.32. The molecule has 20 heavy (non-hydrogen) atoms. The van der Waals surface area contributed by atoms with Gasteiger partial charge in [-0.05, 0) is 24.8 Å². The number of aryl methyl sites for hydroxylation is 1. The molecule has 0 saturated heterocycles. The van der Waals surface area contributed by atoms with Gasteiger partial charge in [0.25, 0.3) is 0 Å². The molecule has 0 spiro atoms. The minimum Gasteiger partial charge on any atom is -0.481 e. The standard InChI is InChI=1S/C15H16N2O2S/c1-3-7-17(9-10(2)15(18)19)14-12(8-16)11-5-4-6-13(11)20-14/h1,10H,4-7,9H2,2H3,(H,18,19). The molecule has 1 aromatic heterocycles. The van der Waals surface area contributed by atoms with Gasteiger partial charge in [-0.2, -0.15) is 5.26 Å². The van der Waals surface area contributed by atoms with Crippen molar-refractivity contribution in [2.75, 3.05) is 18.0 Å². The largest absolute Gasteiger partial charge is 0.481 e. The summed E-state index contributed by atoms with van der Waals surface area (Å²) >= 11 is 1.59. The van der Waals surface area contributed by atoms with E-state index >= 15 is 0 Å². The third-order valence-electron chi connectivity index (χ3n) is 3.50. The summed E-state index contributed by atoms with van der Waals surface area (Å²) in [5.41, 5.74) is 1.83. The normalized spacial score (nSPS) is 14.2. The van der Waals surface area contributed by atoms with Crippen LogP contribution in [0, 0.1) is 29.6 Å². The first kappa shape index (κ1) is 14.4. The van der Waals surface area contributed by atoms with Crippen LogP contribution in [0.5, 0.6) is 0 Å². The summed E-state index contributed by atoms with van der Waals surface area (Å²) in [5.74, 6) is 1.18. The van der Waals surface area contributed by atoms with Gasteiger partial charge in [0.05, 0.1) is 18.0 Å². The number of hydrogen-bond acceptors (Lipinski definition) is 4. The Kier molecular flexibility index (Phi) is 4.32. The van der Waals surface area contributed by atoms with Gasteiger partial charge in [-0.1, -0.05) is 12.8 Å². The van der Waals surface area contributed by atoms with Gasteiger partial charge in [-0.25, -0.2) is 0 Å². The molecule has 1 atom stereocenters. The number of rotatable bonds is 5. The number of fused-ring (bicyclic) bond motifs is 1. The van der Waals surface area contributed by atoms with Crippen LogP contribution < -0.4 is 4.90 Å². The minimum atomic E-state index is -0.852. The summed E-state index contributed by atoms with van der Waals surface area (Å²) < 4.78 is 0. The number of carboxylic acid groups (broad SMARTS) is 1. The molecule has 0 fully saturated rings. The minimum absolute atomic E-state index is 0.325. The van der Waals surface area contributed by atoms with Crippen molar-refractivity contribution in [2.45, 2.75) is 26.2 Å². The van der Waals surface area contributed by atoms with E-state index in [2.05, 4.69) is 12.0 Å². The lowest BCUT2D eigenvalue weighted by Gasteiger charge is -2.23. The molecule has 1 aliphatic rings. The predicted molar refractivity (Wildman–Crippen MR) is 78.9 cm³/mol. The fraction of sp³-hybridized carbons (Fsp3) is 0.467. The van der Waals surface area contributed by atoms with E-state index in [1.165, 1.54) is 4.88 Å². The number of carbonyl (C=O) groups is 1. The van der Waals surface area contributed by atoms with Crippen molar-refractivity contribution < 1.29 is 9.90 Å². The third kappa shape index (κ3) is 2.64. The highest BCUT2D eigenvalue weighted by Crippen LogP contribution is 2.40. The lowest BCUT2D eigenvalue weighted by molar-refractivity contribution is -0.140. The van der Waals surface area contributed by atoms with Gasteiger partial charge in [-0.3, -0.25) is 4.79 Å². The third-order valence-corrected chi connectivity index (χ3v) is 4.85. The summed E-state index contributed by atoms with van der Waals surface area (Å²) in [4.78, 5) is 14.1. The maximum Gasteiger partial charge on any atom is 0.308 e. The average Bonchev–Trinajstić information content (AvgIpc) is 2.97. The SMILES string of the molecule is C#CCN(CC(C)C(=O)O)c1sc2c(c1C#N)CCC2. The van der Waals surface area contributed by atoms with E-state index in [9.17, 15) is 10.1 Å². The molecule has 0 aromatic carbocycles. The maximum atomic E-state index is 11.0. The second kappa shape index (κ2) is 5.98. The zero-order valence-corrected chi connectivity index (χ0v) is 12.2. The number of carboxylic acids is 1. The second-order valence-corrected chi connectivity index (χ2v) is 6.06. The Morgan fingerprint density at radius 1 is 1.60 bits per heavy atom. The van der Waals surface area contributed by atoms with Gasteiger partial charge < -0.3 is 10.0 Å². The fourth-order valence-electron chi connectivity index (χ4n) is 2.47. The molecule has 0 radical (unpaired) electrons. The first-order valence-corrected chi connectivity index (χ1v) is 7.36. The highest BCUT2D eigenvalue weighted by molar-refractivity contribution is 7.16. The van der Waals surface area contributed by atoms with Crippen LogP contribution in [-0.2, 0) is 17.6 Å². The molecule has 0 bridgehead atoms. The number of anilines is 1. The average molecular weight is 288 g/mol. The van der Waals surface area contributed by atoms with Crippen LogP contribution in [0.3, 0.4) is 0 Å². The number of hydrogen-bond donors (Lipinski definition) is 1. The van der Waals surface area contributed by atoms with Crippen LogP contribution >= 0.6 is 11.3 Å². The van der Waals surface area contributed by atoms with Gasteiger partial charge >= 0.3 is 5.97 Å². The topological polar surface area (TPSA) is 64.3 Å². The molecule has 1 N–H and O–H groups in total. The second-order valence-electron chi connectivity index (χ2n) is 4.97. The van der Waals surface area contributed by atoms with E-state index in [4.69, 9.17) is 11.5 Å². The summed E-state index contributed by atoms with van der Waals surface area (Å²) in [7, 11) is 0. The Labute approximate surface area is 122 Å². The molecule has 0 amide bonds. The van der Waals surface area contributed by atoms with Crippen molar-refractivity contribution in [3.8, 4) is 18.4 Å². The zero-order valence-electron chi connectivity index (χ0n) is 11.3. The maximum absolute atomic E-state index is 11.0. The van der Waals surface area contributed by atoms with Gasteiger partial charge in [0.2, 0.25) is 0 Å². The number of terminal acetylenes is 1. The number of thiophene rings is 1. The Morgan fingerprint density at radius 2 is 2.35 bits per heavy atom. The van der Waals surface area contributed by atoms with Gasteiger partial charge in [0.15, 0.2) is 0 Å². The number of aliphatic carboxylic acids is 1. The van der Waals surface area contributed by atoms with Crippen molar-refractivity contribution in [3.63, 3.8) is 0 Å². The van der Waals surface area contributed by atoms with Crippen molar-refractivity contribution in [1.29, 1.82) is 5.26 Å². The molecule has 2 rings (SSSR count). The van der Waals surface area contributed by atoms with Crippen LogP contribution in [-0.4, -0.2) is 24.2 Å². The quantitative estimate of drug-likeness (QED) is 0.844. The molecular weight excluding hydrogens is 272 g/mol. The Bertz CT molecular complexity index is 607. The molecule has 1 unspecified atom stereocenters. The van der Waals surface area contributed by atoms with Crippen LogP contribution in [0.4, 0.5) is 5.00 Å². The summed E-state index contributed by atoms with van der Waals surface area (Å²) in [6.45, 7) is 2.30. The van der Waals surface area contributed by atoms with Crippen molar-refractivity contribution in [3.05, 3.63) is 16.0 Å². The van der Waals surface area contributed by atoms with E-state index < -0.39 is 11.9 Å². The van der Waals surface area contributed by atoms with E-state index in [1.54, 1.807) is 18.3 Å². The first-order valence-electron chi connectivity index (χ1n) is 6.54. The fourth-order valence-corrected chi connectivity index (χ4v) is 3.81. The Balaban J connectivity index is 2.33. The van der Waals surface area contributed by atoms with E-state index in [-0.39, 0.29) is 0 Å². The first-order chi connectivity index (χ1) is 9.58. The molecule has 1 heterocycles. The molecule has 5 heteroatoms. The molecule has 0 saturated carbocycles. The van der Waals surface area contributed by atoms with Crippen molar-refractivity contribution >= 4 is 22.3 Å². The van der Waals surface area contributed by atoms with Crippen molar-refractivity contribution in [2.24, 2.45) is 5.92 Å². The smallest absolute Gasteiger partial charge is 0.308 e. The molecule has 4 nitrogen and oxygen atoms in total. The molecule has 1 aliphatic carbocycles. The van der Waals surface area contributed by atoms with Crippen molar-refractivity contribution in [1.82, 2.24) is 0 Å². The van der Waals surface area contributed by atoms with E-state index in [0.717, 1.165) is 29.8 Å². The lowest BCUT2D eigenvalue weighted by atomic mass is 10.1. The summed E-state index contributed by atoms with van der Waals surface area (Å²) in [6, 6.07) is 2.27. The summed E-state index contributed by atoms with van der Waals surface area (Å²) in [6.07, 6.45) is 8.42. The summed E-state index contributed by atoms with van der Waals surface area (Å²) in [5, 5.41) is 19.3. The van der Waals surface area contributed by atoms with Crippen LogP contribution in [0.1, 0.15) is 29.3 Å². The highest BCUT2D eigenvalue weighted by Gasteiger charge is 2.26. The monoisotopic (exact) mass is 288 g/mol. The Morgan fingerprint density at radius 3 is 2.95 bits per heavy atom. The van der Waals surface area contributed by atoms with E-state index in [1.807, 2.05) is 4.90 Å². The predicted octanol–water partition coefficient (Wildman–Crippen LogP) is 2.27. The van der Waals surface area contributed by atoms with Gasteiger partial charge in [-0.15, -0.1) is 17.8 Å². The molecular formula is C15H16N2O2S. The highest BCUT2D eigenvalue weighted by atomic mass is 32.1. The van der Waals surface area contributed by atoms with Crippen LogP contribution in [0.15, 0.2) is 0 Å². The Hall–Kier alpha value is -1.98.